The van der Waals surface area contributed by atoms with Crippen LogP contribution < -0.4 is 10.6 Å². The molecule has 1 fully saturated rings. The Balaban J connectivity index is 0.00000338. The van der Waals surface area contributed by atoms with Gasteiger partial charge in [-0.25, -0.2) is 0 Å². The van der Waals surface area contributed by atoms with E-state index in [0.29, 0.717) is 12.0 Å². The second-order valence-corrected chi connectivity index (χ2v) is 6.90. The van der Waals surface area contributed by atoms with Gasteiger partial charge in [0.1, 0.15) is 0 Å². The van der Waals surface area contributed by atoms with Gasteiger partial charge >= 0.3 is 0 Å². The molecule has 0 spiro atoms. The molecule has 1 heterocycles. The van der Waals surface area contributed by atoms with E-state index in [0.717, 1.165) is 58.3 Å². The highest BCUT2D eigenvalue weighted by atomic mass is 127. The van der Waals surface area contributed by atoms with Crippen molar-refractivity contribution in [3.8, 4) is 0 Å². The Morgan fingerprint density at radius 2 is 1.85 bits per heavy atom. The molecule has 0 amide bonds. The Bertz CT molecular complexity index is 504. The fourth-order valence-electron chi connectivity index (χ4n) is 2.99. The molecule has 1 aliphatic heterocycles. The predicted molar refractivity (Wildman–Crippen MR) is 120 cm³/mol. The van der Waals surface area contributed by atoms with Crippen LogP contribution in [-0.4, -0.2) is 56.8 Å². The molecule has 0 aromatic heterocycles. The quantitative estimate of drug-likeness (QED) is 0.345. The Hall–Kier alpha value is -0.860. The summed E-state index contributed by atoms with van der Waals surface area (Å²) in [4.78, 5) is 7.36. The zero-order valence-corrected chi connectivity index (χ0v) is 18.7. The number of guanidine groups is 1. The van der Waals surface area contributed by atoms with Crippen LogP contribution in [0.3, 0.4) is 0 Å². The van der Waals surface area contributed by atoms with Gasteiger partial charge in [-0.15, -0.1) is 24.0 Å². The number of hydrogen-bond acceptors (Lipinski definition) is 3. The van der Waals surface area contributed by atoms with Crippen molar-refractivity contribution in [2.45, 2.75) is 33.2 Å². The van der Waals surface area contributed by atoms with Crippen LogP contribution in [0.15, 0.2) is 35.3 Å². The Labute approximate surface area is 176 Å². The average molecular weight is 474 g/mol. The molecule has 2 rings (SSSR count). The van der Waals surface area contributed by atoms with Crippen LogP contribution in [0.4, 0.5) is 0 Å². The van der Waals surface area contributed by atoms with Crippen LogP contribution in [0.5, 0.6) is 0 Å². The summed E-state index contributed by atoms with van der Waals surface area (Å²) in [6.07, 6.45) is 1.15. The van der Waals surface area contributed by atoms with E-state index in [1.165, 1.54) is 5.56 Å². The second-order valence-electron chi connectivity index (χ2n) is 6.90. The SMILES string of the molecule is CCNC(=NCC(c1ccccc1)N1CCOCC1)NCCC(C)C.I. The molecule has 6 heteroatoms. The zero-order chi connectivity index (χ0) is 17.9. The van der Waals surface area contributed by atoms with Crippen molar-refractivity contribution < 1.29 is 4.74 Å². The number of ether oxygens (including phenoxy) is 1. The van der Waals surface area contributed by atoms with E-state index in [1.54, 1.807) is 0 Å². The molecule has 26 heavy (non-hydrogen) atoms. The number of halogens is 1. The fraction of sp³-hybridized carbons (Fsp3) is 0.650. The van der Waals surface area contributed by atoms with Crippen molar-refractivity contribution in [3.05, 3.63) is 35.9 Å². The molecule has 0 radical (unpaired) electrons. The van der Waals surface area contributed by atoms with Gasteiger partial charge in [-0.1, -0.05) is 44.2 Å². The lowest BCUT2D eigenvalue weighted by Gasteiger charge is -2.34. The van der Waals surface area contributed by atoms with Crippen molar-refractivity contribution in [1.82, 2.24) is 15.5 Å². The highest BCUT2D eigenvalue weighted by Crippen LogP contribution is 2.22. The molecule has 148 valence electrons. The first-order valence-electron chi connectivity index (χ1n) is 9.59. The second kappa shape index (κ2) is 13.3. The lowest BCUT2D eigenvalue weighted by Crippen LogP contribution is -2.42. The molecule has 0 aliphatic carbocycles. The molecule has 1 aromatic carbocycles. The summed E-state index contributed by atoms with van der Waals surface area (Å²) < 4.78 is 5.52. The highest BCUT2D eigenvalue weighted by molar-refractivity contribution is 14.0. The minimum Gasteiger partial charge on any atom is -0.379 e. The molecule has 0 saturated carbocycles. The van der Waals surface area contributed by atoms with Gasteiger partial charge < -0.3 is 15.4 Å². The maximum atomic E-state index is 5.52. The maximum absolute atomic E-state index is 5.52. The van der Waals surface area contributed by atoms with Crippen molar-refractivity contribution in [1.29, 1.82) is 0 Å². The van der Waals surface area contributed by atoms with E-state index in [2.05, 4.69) is 66.6 Å². The monoisotopic (exact) mass is 474 g/mol. The molecule has 1 unspecified atom stereocenters. The molecule has 2 N–H and O–H groups in total. The van der Waals surface area contributed by atoms with Gasteiger partial charge in [0, 0.05) is 26.2 Å². The maximum Gasteiger partial charge on any atom is 0.191 e. The van der Waals surface area contributed by atoms with Gasteiger partial charge in [-0.05, 0) is 24.8 Å². The molecule has 1 saturated heterocycles. The van der Waals surface area contributed by atoms with E-state index in [4.69, 9.17) is 9.73 Å². The first kappa shape index (κ1) is 23.2. The van der Waals surface area contributed by atoms with Crippen molar-refractivity contribution in [2.24, 2.45) is 10.9 Å². The van der Waals surface area contributed by atoms with Gasteiger partial charge in [0.15, 0.2) is 5.96 Å². The van der Waals surface area contributed by atoms with Crippen LogP contribution in [0.25, 0.3) is 0 Å². The molecular formula is C20H35IN4O. The van der Waals surface area contributed by atoms with Crippen molar-refractivity contribution >= 4 is 29.9 Å². The molecular weight excluding hydrogens is 439 g/mol. The van der Waals surface area contributed by atoms with Crippen LogP contribution in [0.1, 0.15) is 38.8 Å². The number of hydrogen-bond donors (Lipinski definition) is 2. The number of nitrogens with zero attached hydrogens (tertiary/aromatic N) is 2. The molecule has 1 aliphatic rings. The topological polar surface area (TPSA) is 48.9 Å². The summed E-state index contributed by atoms with van der Waals surface area (Å²) in [6, 6.07) is 11.0. The molecule has 0 bridgehead atoms. The third-order valence-electron chi connectivity index (χ3n) is 4.45. The van der Waals surface area contributed by atoms with Gasteiger partial charge in [0.2, 0.25) is 0 Å². The Kier molecular flexibility index (Phi) is 11.9. The highest BCUT2D eigenvalue weighted by Gasteiger charge is 2.22. The summed E-state index contributed by atoms with van der Waals surface area (Å²) in [5.41, 5.74) is 1.33. The molecule has 1 aromatic rings. The lowest BCUT2D eigenvalue weighted by atomic mass is 10.1. The number of nitrogens with one attached hydrogen (secondary N) is 2. The van der Waals surface area contributed by atoms with Gasteiger partial charge in [0.25, 0.3) is 0 Å². The van der Waals surface area contributed by atoms with Gasteiger partial charge in [-0.2, -0.15) is 0 Å². The minimum absolute atomic E-state index is 0. The standard InChI is InChI=1S/C20H34N4O.HI/c1-4-21-20(22-11-10-17(2)3)23-16-19(18-8-6-5-7-9-18)24-12-14-25-15-13-24;/h5-9,17,19H,4,10-16H2,1-3H3,(H2,21,22,23);1H. The van der Waals surface area contributed by atoms with E-state index >= 15 is 0 Å². The van der Waals surface area contributed by atoms with E-state index in [9.17, 15) is 0 Å². The Morgan fingerprint density at radius 3 is 2.46 bits per heavy atom. The van der Waals surface area contributed by atoms with Gasteiger partial charge in [-0.3, -0.25) is 9.89 Å². The Morgan fingerprint density at radius 1 is 1.15 bits per heavy atom. The van der Waals surface area contributed by atoms with E-state index in [1.807, 2.05) is 0 Å². The summed E-state index contributed by atoms with van der Waals surface area (Å²) >= 11 is 0. The number of benzene rings is 1. The van der Waals surface area contributed by atoms with Crippen molar-refractivity contribution in [2.75, 3.05) is 45.9 Å². The first-order chi connectivity index (χ1) is 12.2. The third kappa shape index (κ3) is 8.22. The van der Waals surface area contributed by atoms with Crippen LogP contribution in [-0.2, 0) is 4.74 Å². The third-order valence-corrected chi connectivity index (χ3v) is 4.45. The summed E-state index contributed by atoms with van der Waals surface area (Å²) in [5.74, 6) is 1.61. The largest absolute Gasteiger partial charge is 0.379 e. The van der Waals surface area contributed by atoms with E-state index in [-0.39, 0.29) is 24.0 Å². The molecule has 5 nitrogen and oxygen atoms in total. The van der Waals surface area contributed by atoms with Crippen molar-refractivity contribution in [3.63, 3.8) is 0 Å². The lowest BCUT2D eigenvalue weighted by molar-refractivity contribution is 0.0179. The van der Waals surface area contributed by atoms with Crippen LogP contribution in [0, 0.1) is 5.92 Å². The predicted octanol–water partition coefficient (Wildman–Crippen LogP) is 3.28. The van der Waals surface area contributed by atoms with Gasteiger partial charge in [0.05, 0.1) is 25.8 Å². The normalized spacial score (nSPS) is 16.8. The van der Waals surface area contributed by atoms with Crippen LogP contribution in [0.2, 0.25) is 0 Å². The summed E-state index contributed by atoms with van der Waals surface area (Å²) in [7, 11) is 0. The number of aliphatic imine (C=N–C) groups is 1. The molecule has 1 atom stereocenters. The minimum atomic E-state index is 0. The van der Waals surface area contributed by atoms with Crippen LogP contribution >= 0.6 is 24.0 Å². The smallest absolute Gasteiger partial charge is 0.191 e. The van der Waals surface area contributed by atoms with E-state index < -0.39 is 0 Å². The fourth-order valence-corrected chi connectivity index (χ4v) is 2.99. The number of rotatable bonds is 8. The summed E-state index contributed by atoms with van der Waals surface area (Å²) in [6.45, 7) is 12.7. The zero-order valence-electron chi connectivity index (χ0n) is 16.4. The first-order valence-corrected chi connectivity index (χ1v) is 9.59. The summed E-state index contributed by atoms with van der Waals surface area (Å²) in [5, 5.41) is 6.82. The number of morpholine rings is 1. The average Bonchev–Trinajstić information content (AvgIpc) is 2.63.